The molecule has 0 saturated heterocycles. The van der Waals surface area contributed by atoms with E-state index in [1.165, 1.54) is 48.5 Å². The zero-order valence-corrected chi connectivity index (χ0v) is 15.7. The van der Waals surface area contributed by atoms with Crippen molar-refractivity contribution in [3.05, 3.63) is 82.9 Å². The Bertz CT molecular complexity index is 1160. The molecule has 2 aromatic rings. The van der Waals surface area contributed by atoms with Crippen LogP contribution in [-0.2, 0) is 33.9 Å². The molecule has 0 fully saturated rings. The summed E-state index contributed by atoms with van der Waals surface area (Å²) >= 11 is 0. The lowest BCUT2D eigenvalue weighted by Gasteiger charge is -2.26. The Morgan fingerprint density at radius 1 is 1.14 bits per heavy atom. The van der Waals surface area contributed by atoms with Gasteiger partial charge in [0.15, 0.2) is 5.50 Å². The van der Waals surface area contributed by atoms with Crippen molar-refractivity contribution in [2.75, 3.05) is 0 Å². The summed E-state index contributed by atoms with van der Waals surface area (Å²) in [6, 6.07) is 15.1. The van der Waals surface area contributed by atoms with Gasteiger partial charge in [-0.2, -0.15) is 13.7 Å². The molecule has 7 nitrogen and oxygen atoms in total. The smallest absolute Gasteiger partial charge is 0.302 e. The maximum atomic E-state index is 12.8. The normalized spacial score (nSPS) is 19.5. The Hall–Kier alpha value is -3.12. The van der Waals surface area contributed by atoms with Crippen molar-refractivity contribution in [3.63, 3.8) is 0 Å². The maximum absolute atomic E-state index is 12.8. The highest BCUT2D eigenvalue weighted by Gasteiger charge is 2.50. The molecular weight excluding hydrogens is 389 g/mol. The number of ketones is 1. The Labute approximate surface area is 171 Å². The van der Waals surface area contributed by atoms with Crippen LogP contribution in [0.5, 0.6) is 0 Å². The molecule has 0 saturated carbocycles. The second kappa shape index (κ2) is 7.05. The van der Waals surface area contributed by atoms with Crippen molar-refractivity contribution >= 4 is 39.4 Å². The number of carbonyl (C=O) groups excluding carboxylic acids is 1. The minimum Gasteiger partial charge on any atom is -0.467 e. The number of ether oxygens (including phenoxy) is 1. The van der Waals surface area contributed by atoms with Gasteiger partial charge in [0.1, 0.15) is 7.85 Å². The van der Waals surface area contributed by atoms with Crippen molar-refractivity contribution in [2.24, 2.45) is 5.73 Å². The summed E-state index contributed by atoms with van der Waals surface area (Å²) in [4.78, 5) is 12.8. The Balaban J connectivity index is 1.95. The van der Waals surface area contributed by atoms with Crippen LogP contribution in [0.1, 0.15) is 16.7 Å². The van der Waals surface area contributed by atoms with Crippen LogP contribution in [0, 0.1) is 11.3 Å². The number of nitriles is 1. The molecule has 0 aromatic heterocycles. The Morgan fingerprint density at radius 3 is 2.41 bits per heavy atom. The number of hydrogen-bond donors (Lipinski definition) is 1. The minimum atomic E-state index is -4.80. The van der Waals surface area contributed by atoms with Crippen LogP contribution in [0.2, 0.25) is 0 Å². The molecule has 11 heteroatoms. The number of hydrogen-bond acceptors (Lipinski definition) is 7. The second-order valence-corrected chi connectivity index (χ2v) is 8.00. The molecule has 0 unspecified atom stereocenters. The number of carbonyl (C=O) groups is 1. The van der Waals surface area contributed by atoms with E-state index in [9.17, 15) is 13.2 Å². The van der Waals surface area contributed by atoms with Gasteiger partial charge in [-0.3, -0.25) is 4.79 Å². The topological polar surface area (TPSA) is 119 Å². The summed E-state index contributed by atoms with van der Waals surface area (Å²) < 4.78 is 33.0. The average Bonchev–Trinajstić information content (AvgIpc) is 2.92. The Kier molecular flexibility index (Phi) is 5.01. The fourth-order valence-electron chi connectivity index (χ4n) is 2.66. The SMILES string of the molecule is [B]C([B])(c1ccccc1)S(=O)(=O)OC1=C(N)O[C@]([B])(c2cccc(C#N)c2)C1=O. The van der Waals surface area contributed by atoms with Crippen molar-refractivity contribution in [1.29, 1.82) is 5.26 Å². The van der Waals surface area contributed by atoms with Gasteiger partial charge in [-0.25, -0.2) is 0 Å². The van der Waals surface area contributed by atoms with Gasteiger partial charge in [-0.05, 0) is 23.3 Å². The van der Waals surface area contributed by atoms with Crippen LogP contribution in [-0.4, -0.2) is 37.7 Å². The van der Waals surface area contributed by atoms with E-state index in [2.05, 4.69) is 0 Å². The molecule has 0 spiro atoms. The molecule has 1 heterocycles. The third kappa shape index (κ3) is 3.40. The third-order valence-electron chi connectivity index (χ3n) is 4.29. The molecule has 6 radical (unpaired) electrons. The molecule has 2 N–H and O–H groups in total. The maximum Gasteiger partial charge on any atom is 0.302 e. The molecule has 138 valence electrons. The Morgan fingerprint density at radius 2 is 1.79 bits per heavy atom. The van der Waals surface area contributed by atoms with Crippen LogP contribution >= 0.6 is 0 Å². The van der Waals surface area contributed by atoms with Crippen LogP contribution in [0.25, 0.3) is 0 Å². The highest BCUT2D eigenvalue weighted by molar-refractivity contribution is 7.90. The van der Waals surface area contributed by atoms with Crippen LogP contribution in [0.15, 0.2) is 66.2 Å². The molecule has 0 amide bonds. The zero-order chi connectivity index (χ0) is 21.4. The lowest BCUT2D eigenvalue weighted by molar-refractivity contribution is -0.126. The van der Waals surface area contributed by atoms with Crippen molar-refractivity contribution in [3.8, 4) is 6.07 Å². The molecule has 3 rings (SSSR count). The molecule has 1 aliphatic rings. The summed E-state index contributed by atoms with van der Waals surface area (Å²) in [6.45, 7) is 0. The molecule has 0 aliphatic carbocycles. The van der Waals surface area contributed by atoms with Crippen LogP contribution in [0.3, 0.4) is 0 Å². The predicted molar refractivity (Wildman–Crippen MR) is 106 cm³/mol. The first kappa shape index (κ1) is 20.6. The highest BCUT2D eigenvalue weighted by atomic mass is 32.2. The molecular formula is C18H11B3N2O5S. The van der Waals surface area contributed by atoms with Gasteiger partial charge in [0.05, 0.1) is 31.9 Å². The van der Waals surface area contributed by atoms with E-state index in [0.717, 1.165) is 0 Å². The number of benzene rings is 2. The van der Waals surface area contributed by atoms with E-state index in [0.29, 0.717) is 0 Å². The van der Waals surface area contributed by atoms with E-state index < -0.39 is 37.6 Å². The lowest BCUT2D eigenvalue weighted by Crippen LogP contribution is -2.40. The average molecular weight is 400 g/mol. The highest BCUT2D eigenvalue weighted by Crippen LogP contribution is 2.38. The quantitative estimate of drug-likeness (QED) is 0.559. The minimum absolute atomic E-state index is 0.0197. The van der Waals surface area contributed by atoms with E-state index in [1.807, 2.05) is 6.07 Å². The van der Waals surface area contributed by atoms with Crippen LogP contribution in [0.4, 0.5) is 0 Å². The summed E-state index contributed by atoms with van der Waals surface area (Å²) in [5.74, 6) is -2.59. The molecule has 1 aliphatic heterocycles. The first-order valence-corrected chi connectivity index (χ1v) is 9.54. The fourth-order valence-corrected chi connectivity index (χ4v) is 3.60. The largest absolute Gasteiger partial charge is 0.467 e. The van der Waals surface area contributed by atoms with Gasteiger partial charge >= 0.3 is 10.1 Å². The second-order valence-electron chi connectivity index (χ2n) is 6.25. The monoisotopic (exact) mass is 400 g/mol. The van der Waals surface area contributed by atoms with E-state index in [1.54, 1.807) is 6.07 Å². The molecule has 2 aromatic carbocycles. The summed E-state index contributed by atoms with van der Waals surface area (Å²) in [6.07, 6.45) is 0. The fraction of sp³-hybridized carbons (Fsp3) is 0.111. The van der Waals surface area contributed by atoms with E-state index in [-0.39, 0.29) is 16.7 Å². The first-order chi connectivity index (χ1) is 13.5. The first-order valence-electron chi connectivity index (χ1n) is 8.13. The van der Waals surface area contributed by atoms with Gasteiger partial charge in [0, 0.05) is 0 Å². The van der Waals surface area contributed by atoms with E-state index in [4.69, 9.17) is 43.5 Å². The number of nitrogens with zero attached hydrogens (tertiary/aromatic N) is 1. The third-order valence-corrected chi connectivity index (χ3v) is 5.74. The molecule has 1 atom stereocenters. The number of rotatable bonds is 5. The van der Waals surface area contributed by atoms with Gasteiger partial charge < -0.3 is 14.7 Å². The lowest BCUT2D eigenvalue weighted by atomic mass is 9.65. The molecule has 0 bridgehead atoms. The van der Waals surface area contributed by atoms with Gasteiger partial charge in [0.25, 0.3) is 0 Å². The zero-order valence-electron chi connectivity index (χ0n) is 14.9. The van der Waals surface area contributed by atoms with Crippen molar-refractivity contribution in [1.82, 2.24) is 0 Å². The predicted octanol–water partition coefficient (Wildman–Crippen LogP) is 0.101. The standard InChI is InChI=1S/C18H11B3N2O5S/c19-17(13-8-4-5-11(9-13)10-22)15(24)14(16(23)27-17)28-29(25,26)18(20,21)12-6-2-1-3-7-12/h1-9H,23H2/t17-/m1/s1. The van der Waals surface area contributed by atoms with Crippen LogP contribution < -0.4 is 5.73 Å². The van der Waals surface area contributed by atoms with Crippen molar-refractivity contribution in [2.45, 2.75) is 10.0 Å². The molecule has 29 heavy (non-hydrogen) atoms. The van der Waals surface area contributed by atoms with Crippen molar-refractivity contribution < 1.29 is 22.1 Å². The van der Waals surface area contributed by atoms with Gasteiger partial charge in [0.2, 0.25) is 17.4 Å². The summed E-state index contributed by atoms with van der Waals surface area (Å²) in [5.41, 5.74) is 3.79. The van der Waals surface area contributed by atoms with E-state index >= 15 is 0 Å². The number of nitrogens with two attached hydrogens (primary N) is 1. The summed E-state index contributed by atoms with van der Waals surface area (Å²) in [5, 5.41) is 9.03. The van der Waals surface area contributed by atoms with Gasteiger partial charge in [-0.1, -0.05) is 42.5 Å². The van der Waals surface area contributed by atoms with Gasteiger partial charge in [-0.15, -0.1) is 0 Å². The number of Topliss-reactive ketones (excluding diaryl/α,β-unsaturated/α-hetero) is 1. The summed E-state index contributed by atoms with van der Waals surface area (Å²) in [7, 11) is 12.8.